The van der Waals surface area contributed by atoms with Gasteiger partial charge in [0.15, 0.2) is 0 Å². The molecule has 1 saturated heterocycles. The number of nitrogens with two attached hydrogens (primary N) is 1. The van der Waals surface area contributed by atoms with E-state index < -0.39 is 11.9 Å². The highest BCUT2D eigenvalue weighted by atomic mass is 32.1. The highest BCUT2D eigenvalue weighted by Crippen LogP contribution is 2.32. The van der Waals surface area contributed by atoms with E-state index in [0.717, 1.165) is 16.9 Å². The SMILES string of the molecule is Cc1cc(N2CCN(Cc3ccc(C(N)=O)cc3)C2=O)sc1C(=O)O. The van der Waals surface area contributed by atoms with Crippen molar-refractivity contribution in [2.45, 2.75) is 13.5 Å². The fourth-order valence-electron chi connectivity index (χ4n) is 2.74. The number of hydrogen-bond acceptors (Lipinski definition) is 4. The molecule has 25 heavy (non-hydrogen) atoms. The Morgan fingerprint density at radius 2 is 1.92 bits per heavy atom. The van der Waals surface area contributed by atoms with Gasteiger partial charge in [0.1, 0.15) is 9.88 Å². The zero-order valence-corrected chi connectivity index (χ0v) is 14.4. The fraction of sp³-hybridized carbons (Fsp3) is 0.235. The summed E-state index contributed by atoms with van der Waals surface area (Å²) in [7, 11) is 0. The van der Waals surface area contributed by atoms with Gasteiger partial charge in [0, 0.05) is 25.2 Å². The highest BCUT2D eigenvalue weighted by Gasteiger charge is 2.31. The maximum Gasteiger partial charge on any atom is 0.346 e. The van der Waals surface area contributed by atoms with E-state index >= 15 is 0 Å². The molecule has 3 amide bonds. The third kappa shape index (κ3) is 3.34. The first-order chi connectivity index (χ1) is 11.9. The predicted octanol–water partition coefficient (Wildman–Crippen LogP) is 2.30. The van der Waals surface area contributed by atoms with E-state index in [1.54, 1.807) is 47.1 Å². The molecule has 0 aliphatic carbocycles. The number of carboxylic acid groups (broad SMARTS) is 1. The second-order valence-electron chi connectivity index (χ2n) is 5.82. The first kappa shape index (κ1) is 17.0. The standard InChI is InChI=1S/C17H17N3O4S/c1-10-8-13(25-14(10)16(22)23)20-7-6-19(17(20)24)9-11-2-4-12(5-3-11)15(18)21/h2-5,8H,6-7,9H2,1H3,(H2,18,21)(H,22,23). The molecule has 0 bridgehead atoms. The van der Waals surface area contributed by atoms with E-state index in [9.17, 15) is 14.4 Å². The number of urea groups is 1. The number of aromatic carboxylic acids is 1. The second-order valence-corrected chi connectivity index (χ2v) is 6.85. The Bertz CT molecular complexity index is 844. The van der Waals surface area contributed by atoms with Crippen LogP contribution in [-0.2, 0) is 6.54 Å². The largest absolute Gasteiger partial charge is 0.477 e. The summed E-state index contributed by atoms with van der Waals surface area (Å²) in [4.78, 5) is 38.4. The number of nitrogens with zero attached hydrogens (tertiary/aromatic N) is 2. The quantitative estimate of drug-likeness (QED) is 0.854. The molecule has 0 unspecified atom stereocenters. The van der Waals surface area contributed by atoms with Crippen molar-refractivity contribution >= 4 is 34.2 Å². The van der Waals surface area contributed by atoms with Crippen LogP contribution in [0, 0.1) is 6.92 Å². The lowest BCUT2D eigenvalue weighted by molar-refractivity contribution is 0.0701. The van der Waals surface area contributed by atoms with Gasteiger partial charge >= 0.3 is 12.0 Å². The van der Waals surface area contributed by atoms with Crippen LogP contribution >= 0.6 is 11.3 Å². The van der Waals surface area contributed by atoms with Crippen LogP contribution in [0.15, 0.2) is 30.3 Å². The lowest BCUT2D eigenvalue weighted by Crippen LogP contribution is -2.31. The van der Waals surface area contributed by atoms with Gasteiger partial charge in [-0.15, -0.1) is 11.3 Å². The number of carbonyl (C=O) groups is 3. The number of rotatable bonds is 5. The normalized spacial score (nSPS) is 14.2. The van der Waals surface area contributed by atoms with Gasteiger partial charge < -0.3 is 15.7 Å². The van der Waals surface area contributed by atoms with Crippen LogP contribution in [0.2, 0.25) is 0 Å². The first-order valence-electron chi connectivity index (χ1n) is 7.65. The fourth-order valence-corrected chi connectivity index (χ4v) is 3.77. The molecule has 1 fully saturated rings. The summed E-state index contributed by atoms with van der Waals surface area (Å²) < 4.78 is 0. The minimum atomic E-state index is -0.980. The molecule has 3 rings (SSSR count). The first-order valence-corrected chi connectivity index (χ1v) is 8.47. The van der Waals surface area contributed by atoms with E-state index in [1.807, 2.05) is 0 Å². The number of thiophene rings is 1. The molecule has 0 atom stereocenters. The third-order valence-electron chi connectivity index (χ3n) is 4.07. The zero-order valence-electron chi connectivity index (χ0n) is 13.6. The molecule has 0 saturated carbocycles. The number of carbonyl (C=O) groups excluding carboxylic acids is 2. The van der Waals surface area contributed by atoms with Crippen LogP contribution in [-0.4, -0.2) is 41.0 Å². The Morgan fingerprint density at radius 1 is 1.24 bits per heavy atom. The smallest absolute Gasteiger partial charge is 0.346 e. The van der Waals surface area contributed by atoms with Gasteiger partial charge in [0.05, 0.1) is 0 Å². The van der Waals surface area contributed by atoms with E-state index in [4.69, 9.17) is 10.8 Å². The number of hydrogen-bond donors (Lipinski definition) is 2. The molecule has 1 aromatic heterocycles. The van der Waals surface area contributed by atoms with Gasteiger partial charge in [-0.3, -0.25) is 9.69 Å². The number of carboxylic acids is 1. The average molecular weight is 359 g/mol. The van der Waals surface area contributed by atoms with Crippen LogP contribution < -0.4 is 10.6 Å². The van der Waals surface area contributed by atoms with Crippen LogP contribution in [0.3, 0.4) is 0 Å². The molecule has 2 aromatic rings. The van der Waals surface area contributed by atoms with Gasteiger partial charge in [0.25, 0.3) is 0 Å². The molecule has 3 N–H and O–H groups in total. The topological polar surface area (TPSA) is 104 Å². The van der Waals surface area contributed by atoms with Crippen molar-refractivity contribution in [3.63, 3.8) is 0 Å². The Labute approximate surface area is 148 Å². The third-order valence-corrected chi connectivity index (χ3v) is 5.32. The molecule has 130 valence electrons. The van der Waals surface area contributed by atoms with Crippen molar-refractivity contribution < 1.29 is 19.5 Å². The summed E-state index contributed by atoms with van der Waals surface area (Å²) in [5.74, 6) is -1.47. The molecule has 2 heterocycles. The predicted molar refractivity (Wildman–Crippen MR) is 94.1 cm³/mol. The second kappa shape index (κ2) is 6.56. The molecule has 0 radical (unpaired) electrons. The van der Waals surface area contributed by atoms with E-state index in [0.29, 0.717) is 35.8 Å². The minimum absolute atomic E-state index is 0.155. The molecule has 0 spiro atoms. The lowest BCUT2D eigenvalue weighted by Gasteiger charge is -2.17. The van der Waals surface area contributed by atoms with Crippen LogP contribution in [0.1, 0.15) is 31.2 Å². The molecule has 1 aromatic carbocycles. The summed E-state index contributed by atoms with van der Waals surface area (Å²) >= 11 is 1.11. The van der Waals surface area contributed by atoms with Crippen molar-refractivity contribution in [2.24, 2.45) is 5.73 Å². The molecule has 1 aliphatic rings. The van der Waals surface area contributed by atoms with Gasteiger partial charge in [-0.1, -0.05) is 12.1 Å². The van der Waals surface area contributed by atoms with Gasteiger partial charge in [0.2, 0.25) is 5.91 Å². The number of primary amides is 1. The lowest BCUT2D eigenvalue weighted by atomic mass is 10.1. The molecular formula is C17H17N3O4S. The zero-order chi connectivity index (χ0) is 18.1. The summed E-state index contributed by atoms with van der Waals surface area (Å²) in [6.07, 6.45) is 0. The number of amides is 3. The number of aryl methyl sites for hydroxylation is 1. The van der Waals surface area contributed by atoms with E-state index in [2.05, 4.69) is 0 Å². The Morgan fingerprint density at radius 3 is 2.48 bits per heavy atom. The van der Waals surface area contributed by atoms with Crippen molar-refractivity contribution in [1.82, 2.24) is 4.90 Å². The summed E-state index contributed by atoms with van der Waals surface area (Å²) in [6, 6.07) is 8.39. The number of anilines is 1. The molecule has 7 nitrogen and oxygen atoms in total. The van der Waals surface area contributed by atoms with Crippen molar-refractivity contribution in [1.29, 1.82) is 0 Å². The molecule has 8 heteroatoms. The van der Waals surface area contributed by atoms with Crippen molar-refractivity contribution in [3.05, 3.63) is 51.9 Å². The van der Waals surface area contributed by atoms with Crippen LogP contribution in [0.4, 0.5) is 9.80 Å². The monoisotopic (exact) mass is 359 g/mol. The summed E-state index contributed by atoms with van der Waals surface area (Å²) in [5.41, 5.74) is 7.19. The van der Waals surface area contributed by atoms with Crippen LogP contribution in [0.25, 0.3) is 0 Å². The summed E-state index contributed by atoms with van der Waals surface area (Å²) in [6.45, 7) is 3.21. The van der Waals surface area contributed by atoms with Crippen molar-refractivity contribution in [3.8, 4) is 0 Å². The van der Waals surface area contributed by atoms with Gasteiger partial charge in [-0.05, 0) is 36.2 Å². The Balaban J connectivity index is 1.72. The Hall–Kier alpha value is -2.87. The summed E-state index contributed by atoms with van der Waals surface area (Å²) in [5, 5.41) is 9.80. The van der Waals surface area contributed by atoms with E-state index in [1.165, 1.54) is 0 Å². The van der Waals surface area contributed by atoms with E-state index in [-0.39, 0.29) is 10.9 Å². The molecule has 1 aliphatic heterocycles. The average Bonchev–Trinajstić information content (AvgIpc) is 3.11. The minimum Gasteiger partial charge on any atom is -0.477 e. The maximum atomic E-state index is 12.6. The highest BCUT2D eigenvalue weighted by molar-refractivity contribution is 7.18. The van der Waals surface area contributed by atoms with Gasteiger partial charge in [-0.2, -0.15) is 0 Å². The van der Waals surface area contributed by atoms with Crippen LogP contribution in [0.5, 0.6) is 0 Å². The number of benzene rings is 1. The Kier molecular flexibility index (Phi) is 4.45. The molecular weight excluding hydrogens is 342 g/mol. The maximum absolute atomic E-state index is 12.6. The van der Waals surface area contributed by atoms with Crippen molar-refractivity contribution in [2.75, 3.05) is 18.0 Å². The van der Waals surface area contributed by atoms with Gasteiger partial charge in [-0.25, -0.2) is 9.59 Å².